The van der Waals surface area contributed by atoms with Crippen LogP contribution in [0, 0.1) is 0 Å². The third kappa shape index (κ3) is 5.87. The van der Waals surface area contributed by atoms with E-state index in [0.29, 0.717) is 5.82 Å². The van der Waals surface area contributed by atoms with E-state index in [0.717, 1.165) is 73.0 Å². The maximum Gasteiger partial charge on any atom is 0.160 e. The van der Waals surface area contributed by atoms with Crippen LogP contribution in [0.5, 0.6) is 11.5 Å². The lowest BCUT2D eigenvalue weighted by atomic mass is 9.63. The molecule has 2 heterocycles. The first-order valence-corrected chi connectivity index (χ1v) is 19.0. The normalized spacial score (nSPS) is 12.6. The fourth-order valence-corrected chi connectivity index (χ4v) is 8.19. The van der Waals surface area contributed by atoms with Gasteiger partial charge in [-0.25, -0.2) is 9.97 Å². The number of hydrogen-bond acceptors (Lipinski definition) is 3. The highest BCUT2D eigenvalue weighted by molar-refractivity contribution is 5.79. The number of hydrogen-bond donors (Lipinski definition) is 0. The Morgan fingerprint density at radius 2 is 0.732 bits per heavy atom. The summed E-state index contributed by atoms with van der Waals surface area (Å²) in [6.45, 7) is 0. The van der Waals surface area contributed by atoms with Crippen molar-refractivity contribution in [2.24, 2.45) is 0 Å². The predicted octanol–water partition coefficient (Wildman–Crippen LogP) is 13.3. The van der Waals surface area contributed by atoms with Crippen molar-refractivity contribution >= 4 is 0 Å². The smallest absolute Gasteiger partial charge is 0.160 e. The van der Waals surface area contributed by atoms with Crippen LogP contribution in [0.3, 0.4) is 0 Å². The Balaban J connectivity index is 1.08. The fourth-order valence-electron chi connectivity index (χ4n) is 8.19. The summed E-state index contributed by atoms with van der Waals surface area (Å²) in [6, 6.07) is 76.8. The van der Waals surface area contributed by atoms with E-state index in [-0.39, 0.29) is 0 Å². The number of aromatic nitrogens is 2. The van der Waals surface area contributed by atoms with E-state index < -0.39 is 5.41 Å². The van der Waals surface area contributed by atoms with E-state index in [1.807, 2.05) is 42.5 Å². The van der Waals surface area contributed by atoms with Gasteiger partial charge in [0.25, 0.3) is 0 Å². The lowest BCUT2D eigenvalue weighted by molar-refractivity contribution is 0.434. The molecule has 0 atom stereocenters. The molecule has 0 spiro atoms. The van der Waals surface area contributed by atoms with Crippen molar-refractivity contribution in [3.8, 4) is 67.7 Å². The van der Waals surface area contributed by atoms with Gasteiger partial charge in [0.05, 0.1) is 16.8 Å². The van der Waals surface area contributed by atoms with Crippen LogP contribution in [0.2, 0.25) is 0 Å². The van der Waals surface area contributed by atoms with Crippen LogP contribution in [0.4, 0.5) is 0 Å². The zero-order chi connectivity index (χ0) is 37.3. The van der Waals surface area contributed by atoms with Crippen molar-refractivity contribution in [2.45, 2.75) is 5.41 Å². The van der Waals surface area contributed by atoms with Crippen molar-refractivity contribution in [3.05, 3.63) is 241 Å². The van der Waals surface area contributed by atoms with Gasteiger partial charge in [-0.15, -0.1) is 0 Å². The first kappa shape index (κ1) is 33.2. The van der Waals surface area contributed by atoms with Crippen molar-refractivity contribution in [1.29, 1.82) is 0 Å². The molecule has 0 saturated heterocycles. The van der Waals surface area contributed by atoms with E-state index >= 15 is 0 Å². The van der Waals surface area contributed by atoms with Crippen LogP contribution in [0.25, 0.3) is 56.2 Å². The lowest BCUT2D eigenvalue weighted by Crippen LogP contribution is -2.34. The summed E-state index contributed by atoms with van der Waals surface area (Å²) in [4.78, 5) is 10.2. The van der Waals surface area contributed by atoms with Gasteiger partial charge >= 0.3 is 0 Å². The van der Waals surface area contributed by atoms with Gasteiger partial charge in [0.15, 0.2) is 5.82 Å². The highest BCUT2D eigenvalue weighted by Gasteiger charge is 2.45. The number of ether oxygens (including phenoxy) is 1. The molecular weight excluding hydrogens is 681 g/mol. The third-order valence-corrected chi connectivity index (χ3v) is 10.8. The van der Waals surface area contributed by atoms with Gasteiger partial charge in [0.1, 0.15) is 11.5 Å². The van der Waals surface area contributed by atoms with Crippen LogP contribution in [-0.2, 0) is 5.41 Å². The first-order valence-electron chi connectivity index (χ1n) is 19.0. The molecule has 0 N–H and O–H groups in total. The maximum absolute atomic E-state index is 6.68. The molecule has 0 amide bonds. The zero-order valence-corrected chi connectivity index (χ0v) is 30.6. The van der Waals surface area contributed by atoms with Crippen molar-refractivity contribution in [2.75, 3.05) is 0 Å². The average molecular weight is 717 g/mol. The molecule has 1 aliphatic rings. The number of nitrogens with zero attached hydrogens (tertiary/aromatic N) is 2. The fraction of sp³-hybridized carbons (Fsp3) is 0.0189. The number of benzene rings is 8. The lowest BCUT2D eigenvalue weighted by Gasteiger charge is -2.41. The summed E-state index contributed by atoms with van der Waals surface area (Å²) in [5, 5.41) is 0. The Morgan fingerprint density at radius 1 is 0.304 bits per heavy atom. The van der Waals surface area contributed by atoms with Gasteiger partial charge in [-0.2, -0.15) is 0 Å². The van der Waals surface area contributed by atoms with Crippen molar-refractivity contribution in [3.63, 3.8) is 0 Å². The third-order valence-electron chi connectivity index (χ3n) is 10.8. The average Bonchev–Trinajstić information content (AvgIpc) is 3.29. The molecule has 56 heavy (non-hydrogen) atoms. The largest absolute Gasteiger partial charge is 0.457 e. The zero-order valence-electron chi connectivity index (χ0n) is 30.6. The maximum atomic E-state index is 6.68. The molecule has 0 bridgehead atoms. The molecular formula is C53H36N2O. The second kappa shape index (κ2) is 14.1. The van der Waals surface area contributed by atoms with Crippen LogP contribution >= 0.6 is 0 Å². The number of para-hydroxylation sites is 1. The molecule has 3 heteroatoms. The van der Waals surface area contributed by atoms with Gasteiger partial charge in [0.2, 0.25) is 0 Å². The predicted molar refractivity (Wildman–Crippen MR) is 228 cm³/mol. The Morgan fingerprint density at radius 3 is 1.30 bits per heavy atom. The Kier molecular flexibility index (Phi) is 8.38. The van der Waals surface area contributed by atoms with Gasteiger partial charge in [-0.1, -0.05) is 182 Å². The van der Waals surface area contributed by atoms with Gasteiger partial charge in [-0.3, -0.25) is 0 Å². The summed E-state index contributed by atoms with van der Waals surface area (Å²) in [6.07, 6.45) is 0. The van der Waals surface area contributed by atoms with E-state index in [1.165, 1.54) is 11.1 Å². The SMILES string of the molecule is c1ccc(-c2cc(-c3ccccc3)nc(-c3cccc(-c4cccc(-c5ccc6c(c5)C(c5ccccc5)(c5ccccc5)c5ccccc5O6)c4)c3)n2)cc1. The highest BCUT2D eigenvalue weighted by atomic mass is 16.5. The van der Waals surface area contributed by atoms with E-state index in [4.69, 9.17) is 14.7 Å². The van der Waals surface area contributed by atoms with Crippen molar-refractivity contribution in [1.82, 2.24) is 9.97 Å². The molecule has 0 unspecified atom stereocenters. The number of fused-ring (bicyclic) bond motifs is 2. The monoisotopic (exact) mass is 716 g/mol. The summed E-state index contributed by atoms with van der Waals surface area (Å²) < 4.78 is 6.68. The van der Waals surface area contributed by atoms with Gasteiger partial charge < -0.3 is 4.74 Å². The summed E-state index contributed by atoms with van der Waals surface area (Å²) in [7, 11) is 0. The van der Waals surface area contributed by atoms with Crippen LogP contribution in [0.1, 0.15) is 22.3 Å². The molecule has 1 aliphatic heterocycles. The molecule has 9 aromatic rings. The number of rotatable bonds is 7. The summed E-state index contributed by atoms with van der Waals surface area (Å²) >= 11 is 0. The van der Waals surface area contributed by atoms with Crippen LogP contribution in [0.15, 0.2) is 218 Å². The summed E-state index contributed by atoms with van der Waals surface area (Å²) in [5.74, 6) is 2.42. The van der Waals surface area contributed by atoms with E-state index in [9.17, 15) is 0 Å². The van der Waals surface area contributed by atoms with Gasteiger partial charge in [0, 0.05) is 27.8 Å². The van der Waals surface area contributed by atoms with Crippen LogP contribution < -0.4 is 4.74 Å². The standard InChI is InChI=1S/C53H36N2O/c1-5-17-37(18-6-1)48-36-49(38-19-7-2-8-20-38)55-52(54-48)43-24-16-23-41(34-43)39-21-15-22-40(33-39)42-31-32-51-47(35-42)53(44-25-9-3-10-26-44,45-27-11-4-12-28-45)46-29-13-14-30-50(46)56-51/h1-36H. The Hall–Kier alpha value is -7.36. The second-order valence-corrected chi connectivity index (χ2v) is 14.1. The minimum Gasteiger partial charge on any atom is -0.457 e. The molecule has 264 valence electrons. The molecule has 0 saturated carbocycles. The van der Waals surface area contributed by atoms with Gasteiger partial charge in [-0.05, 0) is 69.8 Å². The highest BCUT2D eigenvalue weighted by Crippen LogP contribution is 2.55. The second-order valence-electron chi connectivity index (χ2n) is 14.1. The molecule has 3 nitrogen and oxygen atoms in total. The topological polar surface area (TPSA) is 35.0 Å². The minimum atomic E-state index is -0.582. The van der Waals surface area contributed by atoms with Crippen LogP contribution in [-0.4, -0.2) is 9.97 Å². The minimum absolute atomic E-state index is 0.582. The van der Waals surface area contributed by atoms with Crippen molar-refractivity contribution < 1.29 is 4.74 Å². The van der Waals surface area contributed by atoms with E-state index in [2.05, 4.69) is 176 Å². The Labute approximate surface area is 327 Å². The summed E-state index contributed by atoms with van der Waals surface area (Å²) in [5.41, 5.74) is 13.4. The van der Waals surface area contributed by atoms with E-state index in [1.54, 1.807) is 0 Å². The molecule has 0 aliphatic carbocycles. The molecule has 0 radical (unpaired) electrons. The molecule has 0 fully saturated rings. The quantitative estimate of drug-likeness (QED) is 0.165. The Bertz CT molecular complexity index is 2720. The first-order chi connectivity index (χ1) is 27.7. The molecule has 8 aromatic carbocycles. The molecule has 10 rings (SSSR count). The molecule has 1 aromatic heterocycles.